The molecule has 0 aliphatic carbocycles. The van der Waals surface area contributed by atoms with Crippen LogP contribution < -0.4 is 4.90 Å². The number of para-hydroxylation sites is 1. The van der Waals surface area contributed by atoms with E-state index in [1.54, 1.807) is 16.5 Å². The highest BCUT2D eigenvalue weighted by atomic mass is 32.1. The van der Waals surface area contributed by atoms with Crippen LogP contribution in [0.4, 0.5) is 5.69 Å². The summed E-state index contributed by atoms with van der Waals surface area (Å²) in [5, 5.41) is 2.53. The third kappa shape index (κ3) is 2.06. The fourth-order valence-corrected chi connectivity index (χ4v) is 3.33. The van der Waals surface area contributed by atoms with E-state index in [0.29, 0.717) is 18.0 Å². The molecule has 1 aliphatic heterocycles. The van der Waals surface area contributed by atoms with Gasteiger partial charge in [-0.3, -0.25) is 4.79 Å². The molecule has 2 aromatic heterocycles. The van der Waals surface area contributed by atoms with Crippen LogP contribution >= 0.6 is 11.3 Å². The molecular formula is C16H12N2O2S. The number of fused-ring (bicyclic) bond motifs is 1. The first kappa shape index (κ1) is 12.3. The molecule has 0 radical (unpaired) electrons. The number of amides is 1. The van der Waals surface area contributed by atoms with Gasteiger partial charge in [0.1, 0.15) is 5.69 Å². The molecular weight excluding hydrogens is 284 g/mol. The molecule has 4 nitrogen and oxygen atoms in total. The molecule has 1 amide bonds. The number of benzene rings is 1. The summed E-state index contributed by atoms with van der Waals surface area (Å²) in [6.45, 7) is 0.714. The minimum atomic E-state index is -0.0472. The molecule has 0 unspecified atom stereocenters. The Bertz CT molecular complexity index is 792. The largest absolute Gasteiger partial charge is 0.462 e. The molecule has 1 aliphatic rings. The van der Waals surface area contributed by atoms with Crippen molar-refractivity contribution < 1.29 is 9.21 Å². The molecule has 0 saturated carbocycles. The average molecular weight is 296 g/mol. The number of furan rings is 1. The quantitative estimate of drug-likeness (QED) is 0.726. The van der Waals surface area contributed by atoms with Crippen LogP contribution in [0.15, 0.2) is 52.5 Å². The number of carbonyl (C=O) groups is 1. The second kappa shape index (κ2) is 4.86. The van der Waals surface area contributed by atoms with Gasteiger partial charge in [-0.05, 0) is 30.2 Å². The molecule has 0 N–H and O–H groups in total. The van der Waals surface area contributed by atoms with E-state index in [4.69, 9.17) is 4.42 Å². The Morgan fingerprint density at radius 2 is 2.14 bits per heavy atom. The normalized spacial score (nSPS) is 13.4. The molecule has 0 atom stereocenters. The van der Waals surface area contributed by atoms with Gasteiger partial charge >= 0.3 is 0 Å². The van der Waals surface area contributed by atoms with E-state index in [1.165, 1.54) is 16.9 Å². The van der Waals surface area contributed by atoms with E-state index in [2.05, 4.69) is 11.1 Å². The first-order valence-electron chi connectivity index (χ1n) is 6.72. The Morgan fingerprint density at radius 1 is 1.24 bits per heavy atom. The summed E-state index contributed by atoms with van der Waals surface area (Å²) in [6, 6.07) is 11.7. The molecule has 3 aromatic rings. The van der Waals surface area contributed by atoms with Crippen LogP contribution in [0, 0.1) is 0 Å². The molecule has 3 heterocycles. The van der Waals surface area contributed by atoms with Crippen LogP contribution in [0.3, 0.4) is 0 Å². The van der Waals surface area contributed by atoms with Gasteiger partial charge in [0, 0.05) is 17.6 Å². The second-order valence-electron chi connectivity index (χ2n) is 4.85. The predicted octanol–water partition coefficient (Wildman–Crippen LogP) is 3.61. The lowest BCUT2D eigenvalue weighted by molar-refractivity contribution is 0.0985. The Morgan fingerprint density at radius 3 is 3.00 bits per heavy atom. The lowest BCUT2D eigenvalue weighted by Gasteiger charge is -2.15. The van der Waals surface area contributed by atoms with E-state index in [-0.39, 0.29) is 5.91 Å². The molecule has 104 valence electrons. The number of hydrogen-bond donors (Lipinski definition) is 0. The molecule has 21 heavy (non-hydrogen) atoms. The minimum Gasteiger partial charge on any atom is -0.462 e. The van der Waals surface area contributed by atoms with Crippen molar-refractivity contribution in [1.29, 1.82) is 0 Å². The number of aromatic nitrogens is 1. The molecule has 0 bridgehead atoms. The molecule has 1 aromatic carbocycles. The Labute approximate surface area is 125 Å². The first-order valence-corrected chi connectivity index (χ1v) is 7.60. The predicted molar refractivity (Wildman–Crippen MR) is 81.6 cm³/mol. The fraction of sp³-hybridized carbons (Fsp3) is 0.125. The maximum absolute atomic E-state index is 12.6. The van der Waals surface area contributed by atoms with E-state index < -0.39 is 0 Å². The van der Waals surface area contributed by atoms with Gasteiger partial charge in [-0.2, -0.15) is 0 Å². The fourth-order valence-electron chi connectivity index (χ4n) is 2.57. The lowest BCUT2D eigenvalue weighted by atomic mass is 10.2. The van der Waals surface area contributed by atoms with Crippen molar-refractivity contribution in [2.75, 3.05) is 11.4 Å². The molecule has 4 rings (SSSR count). The number of hydrogen-bond acceptors (Lipinski definition) is 4. The topological polar surface area (TPSA) is 46.3 Å². The number of nitrogens with zero attached hydrogens (tertiary/aromatic N) is 2. The Hall–Kier alpha value is -2.40. The van der Waals surface area contributed by atoms with Gasteiger partial charge in [-0.15, -0.1) is 11.3 Å². The van der Waals surface area contributed by atoms with Crippen LogP contribution in [-0.4, -0.2) is 17.4 Å². The molecule has 5 heteroatoms. The number of carbonyl (C=O) groups excluding carboxylic acids is 1. The van der Waals surface area contributed by atoms with Crippen molar-refractivity contribution in [1.82, 2.24) is 4.98 Å². The summed E-state index contributed by atoms with van der Waals surface area (Å²) in [4.78, 5) is 18.8. The minimum absolute atomic E-state index is 0.0472. The highest BCUT2D eigenvalue weighted by molar-refractivity contribution is 7.13. The van der Waals surface area contributed by atoms with Crippen molar-refractivity contribution in [3.05, 3.63) is 59.3 Å². The van der Waals surface area contributed by atoms with Crippen molar-refractivity contribution in [3.8, 4) is 10.8 Å². The molecule has 0 saturated heterocycles. The summed E-state index contributed by atoms with van der Waals surface area (Å²) in [5.74, 6) is 0.648. The maximum Gasteiger partial charge on any atom is 0.277 e. The van der Waals surface area contributed by atoms with Gasteiger partial charge < -0.3 is 9.32 Å². The zero-order chi connectivity index (χ0) is 14.2. The van der Waals surface area contributed by atoms with Crippen LogP contribution in [0.5, 0.6) is 0 Å². The average Bonchev–Trinajstić information content (AvgIpc) is 3.25. The summed E-state index contributed by atoms with van der Waals surface area (Å²) in [7, 11) is 0. The van der Waals surface area contributed by atoms with Crippen LogP contribution in [0.25, 0.3) is 10.8 Å². The van der Waals surface area contributed by atoms with Gasteiger partial charge in [0.2, 0.25) is 0 Å². The van der Waals surface area contributed by atoms with Crippen LogP contribution in [0.1, 0.15) is 16.1 Å². The van der Waals surface area contributed by atoms with Gasteiger partial charge in [-0.1, -0.05) is 18.2 Å². The van der Waals surface area contributed by atoms with Gasteiger partial charge in [0.25, 0.3) is 5.91 Å². The standard InChI is InChI=1S/C16H12N2O2S/c19-16(18-8-7-11-4-1-2-5-13(11)18)12-10-21-15(17-12)14-6-3-9-20-14/h1-6,9-10H,7-8H2. The van der Waals surface area contributed by atoms with E-state index in [0.717, 1.165) is 17.1 Å². The summed E-state index contributed by atoms with van der Waals surface area (Å²) >= 11 is 1.42. The van der Waals surface area contributed by atoms with Crippen molar-refractivity contribution in [2.45, 2.75) is 6.42 Å². The highest BCUT2D eigenvalue weighted by Gasteiger charge is 2.26. The highest BCUT2D eigenvalue weighted by Crippen LogP contribution is 2.30. The second-order valence-corrected chi connectivity index (χ2v) is 5.71. The van der Waals surface area contributed by atoms with Gasteiger partial charge in [0.05, 0.1) is 6.26 Å². The SMILES string of the molecule is O=C(c1csc(-c2ccco2)n1)N1CCc2ccccc21. The van der Waals surface area contributed by atoms with Crippen molar-refractivity contribution >= 4 is 22.9 Å². The molecule has 0 fully saturated rings. The summed E-state index contributed by atoms with van der Waals surface area (Å²) in [5.41, 5.74) is 2.69. The Balaban J connectivity index is 1.65. The van der Waals surface area contributed by atoms with E-state index >= 15 is 0 Å². The third-order valence-corrected chi connectivity index (χ3v) is 4.44. The van der Waals surface area contributed by atoms with Gasteiger partial charge in [-0.25, -0.2) is 4.98 Å². The number of anilines is 1. The zero-order valence-electron chi connectivity index (χ0n) is 11.2. The maximum atomic E-state index is 12.6. The van der Waals surface area contributed by atoms with Crippen molar-refractivity contribution in [2.24, 2.45) is 0 Å². The lowest BCUT2D eigenvalue weighted by Crippen LogP contribution is -2.29. The van der Waals surface area contributed by atoms with E-state index in [1.807, 2.05) is 30.3 Å². The zero-order valence-corrected chi connectivity index (χ0v) is 12.0. The summed E-state index contributed by atoms with van der Waals surface area (Å²) in [6.07, 6.45) is 2.51. The van der Waals surface area contributed by atoms with Gasteiger partial charge in [0.15, 0.2) is 10.8 Å². The number of thiazole rings is 1. The third-order valence-electron chi connectivity index (χ3n) is 3.59. The molecule has 0 spiro atoms. The van der Waals surface area contributed by atoms with Crippen LogP contribution in [0.2, 0.25) is 0 Å². The van der Waals surface area contributed by atoms with E-state index in [9.17, 15) is 4.79 Å². The van der Waals surface area contributed by atoms with Crippen molar-refractivity contribution in [3.63, 3.8) is 0 Å². The summed E-state index contributed by atoms with van der Waals surface area (Å²) < 4.78 is 5.32. The monoisotopic (exact) mass is 296 g/mol. The number of rotatable bonds is 2. The first-order chi connectivity index (χ1) is 10.3. The van der Waals surface area contributed by atoms with Crippen LogP contribution in [-0.2, 0) is 6.42 Å². The smallest absolute Gasteiger partial charge is 0.277 e. The Kier molecular flexibility index (Phi) is 2.86.